The van der Waals surface area contributed by atoms with Crippen LogP contribution in [0.4, 0.5) is 0 Å². The molecule has 25 heavy (non-hydrogen) atoms. The Morgan fingerprint density at radius 3 is 2.72 bits per heavy atom. The van der Waals surface area contributed by atoms with Crippen LogP contribution in [-0.4, -0.2) is 29.8 Å². The fourth-order valence-corrected chi connectivity index (χ4v) is 3.10. The number of carbonyl (C=O) groups excluding carboxylic acids is 2. The van der Waals surface area contributed by atoms with Crippen molar-refractivity contribution in [3.05, 3.63) is 62.3 Å². The molecule has 2 aromatic rings. The van der Waals surface area contributed by atoms with Gasteiger partial charge in [-0.2, -0.15) is 0 Å². The van der Waals surface area contributed by atoms with Crippen molar-refractivity contribution in [1.29, 1.82) is 0 Å². The third-order valence-electron chi connectivity index (χ3n) is 3.45. The Morgan fingerprint density at radius 1 is 1.24 bits per heavy atom. The smallest absolute Gasteiger partial charge is 0.247 e. The van der Waals surface area contributed by atoms with Crippen LogP contribution < -0.4 is 5.32 Å². The van der Waals surface area contributed by atoms with Crippen LogP contribution in [0.25, 0.3) is 6.08 Å². The summed E-state index contributed by atoms with van der Waals surface area (Å²) in [5.41, 5.74) is 0.653. The highest BCUT2D eigenvalue weighted by atomic mass is 35.5. The molecule has 0 saturated heterocycles. The van der Waals surface area contributed by atoms with Crippen LogP contribution >= 0.6 is 34.5 Å². The molecule has 0 unspecified atom stereocenters. The lowest BCUT2D eigenvalue weighted by Gasteiger charge is -2.18. The normalized spacial score (nSPS) is 10.8. The van der Waals surface area contributed by atoms with Crippen LogP contribution in [0.15, 0.2) is 41.8 Å². The second kappa shape index (κ2) is 9.61. The van der Waals surface area contributed by atoms with Gasteiger partial charge in [-0.15, -0.1) is 11.3 Å². The molecule has 2 rings (SSSR count). The van der Waals surface area contributed by atoms with Crippen molar-refractivity contribution in [2.45, 2.75) is 13.5 Å². The summed E-state index contributed by atoms with van der Waals surface area (Å²) in [6.45, 7) is 2.73. The molecule has 0 atom stereocenters. The van der Waals surface area contributed by atoms with Crippen LogP contribution in [-0.2, 0) is 16.1 Å². The average Bonchev–Trinajstić information content (AvgIpc) is 3.12. The molecule has 0 aliphatic rings. The number of likely N-dealkylation sites (N-methyl/N-ethyl adjacent to an activating group) is 1. The maximum absolute atomic E-state index is 12.3. The highest BCUT2D eigenvalue weighted by Gasteiger charge is 2.13. The van der Waals surface area contributed by atoms with Crippen molar-refractivity contribution < 1.29 is 9.59 Å². The van der Waals surface area contributed by atoms with Gasteiger partial charge in [0, 0.05) is 17.5 Å². The lowest BCUT2D eigenvalue weighted by Crippen LogP contribution is -2.39. The second-order valence-electron chi connectivity index (χ2n) is 5.18. The number of hydrogen-bond donors (Lipinski definition) is 1. The number of rotatable bonds is 7. The predicted octanol–water partition coefficient (Wildman–Crippen LogP) is 4.23. The van der Waals surface area contributed by atoms with E-state index in [1.807, 2.05) is 24.4 Å². The molecule has 1 aromatic carbocycles. The number of nitrogens with one attached hydrogen (secondary N) is 1. The van der Waals surface area contributed by atoms with Crippen molar-refractivity contribution in [2.24, 2.45) is 0 Å². The molecule has 1 aromatic heterocycles. The molecule has 132 valence electrons. The van der Waals surface area contributed by atoms with E-state index in [0.717, 1.165) is 4.88 Å². The highest BCUT2D eigenvalue weighted by Crippen LogP contribution is 2.26. The molecule has 1 heterocycles. The molecule has 0 aliphatic heterocycles. The lowest BCUT2D eigenvalue weighted by atomic mass is 10.2. The molecule has 2 amide bonds. The van der Waals surface area contributed by atoms with Gasteiger partial charge in [0.15, 0.2) is 0 Å². The van der Waals surface area contributed by atoms with Gasteiger partial charge in [-0.3, -0.25) is 9.59 Å². The standard InChI is InChI=1S/C18H18Cl2N2O2S/c1-2-22(12-16(23)21-11-14-6-4-10-25-14)17(24)9-8-13-5-3-7-15(19)18(13)20/h3-10H,2,11-12H2,1H3,(H,21,23)/b9-8+. The zero-order valence-electron chi connectivity index (χ0n) is 13.7. The van der Waals surface area contributed by atoms with Gasteiger partial charge in [-0.25, -0.2) is 0 Å². The molecule has 0 aliphatic carbocycles. The SMILES string of the molecule is CCN(CC(=O)NCc1cccs1)C(=O)/C=C/c1cccc(Cl)c1Cl. The van der Waals surface area contributed by atoms with E-state index < -0.39 is 0 Å². The van der Waals surface area contributed by atoms with Gasteiger partial charge in [0.2, 0.25) is 11.8 Å². The molecule has 4 nitrogen and oxygen atoms in total. The number of nitrogens with zero attached hydrogens (tertiary/aromatic N) is 1. The van der Waals surface area contributed by atoms with Gasteiger partial charge in [-0.1, -0.05) is 41.4 Å². The van der Waals surface area contributed by atoms with Crippen LogP contribution in [0.5, 0.6) is 0 Å². The Labute approximate surface area is 161 Å². The minimum Gasteiger partial charge on any atom is -0.350 e. The Balaban J connectivity index is 1.92. The summed E-state index contributed by atoms with van der Waals surface area (Å²) in [6.07, 6.45) is 3.00. The number of halogens is 2. The number of carbonyl (C=O) groups is 2. The van der Waals surface area contributed by atoms with Crippen molar-refractivity contribution >= 4 is 52.4 Å². The summed E-state index contributed by atoms with van der Waals surface area (Å²) in [5, 5.41) is 5.58. The van der Waals surface area contributed by atoms with Crippen LogP contribution in [0.2, 0.25) is 10.0 Å². The van der Waals surface area contributed by atoms with E-state index in [9.17, 15) is 9.59 Å². The lowest BCUT2D eigenvalue weighted by molar-refractivity contribution is -0.132. The maximum Gasteiger partial charge on any atom is 0.247 e. The van der Waals surface area contributed by atoms with E-state index >= 15 is 0 Å². The Morgan fingerprint density at radius 2 is 2.04 bits per heavy atom. The zero-order valence-corrected chi connectivity index (χ0v) is 16.0. The monoisotopic (exact) mass is 396 g/mol. The number of thiophene rings is 1. The molecule has 0 fully saturated rings. The molecule has 0 radical (unpaired) electrons. The molecule has 7 heteroatoms. The first-order chi connectivity index (χ1) is 12.0. The zero-order chi connectivity index (χ0) is 18.2. The number of amides is 2. The molecule has 1 N–H and O–H groups in total. The van der Waals surface area contributed by atoms with Gasteiger partial charge in [-0.05, 0) is 36.1 Å². The summed E-state index contributed by atoms with van der Waals surface area (Å²) in [4.78, 5) is 26.8. The minimum atomic E-state index is -0.259. The minimum absolute atomic E-state index is 0.00826. The molecule has 0 bridgehead atoms. The van der Waals surface area contributed by atoms with Gasteiger partial charge < -0.3 is 10.2 Å². The molecule has 0 saturated carbocycles. The molecule has 0 spiro atoms. The first-order valence-electron chi connectivity index (χ1n) is 7.71. The average molecular weight is 397 g/mol. The fraction of sp³-hybridized carbons (Fsp3) is 0.222. The Hall–Kier alpha value is -1.82. The van der Waals surface area contributed by atoms with Crippen molar-refractivity contribution in [3.8, 4) is 0 Å². The van der Waals surface area contributed by atoms with Gasteiger partial charge >= 0.3 is 0 Å². The van der Waals surface area contributed by atoms with E-state index in [-0.39, 0.29) is 18.4 Å². The topological polar surface area (TPSA) is 49.4 Å². The highest BCUT2D eigenvalue weighted by molar-refractivity contribution is 7.09. The Bertz CT molecular complexity index is 760. The summed E-state index contributed by atoms with van der Waals surface area (Å²) >= 11 is 13.6. The summed E-state index contributed by atoms with van der Waals surface area (Å²) in [5.74, 6) is -0.456. The molecular weight excluding hydrogens is 379 g/mol. The summed E-state index contributed by atoms with van der Waals surface area (Å²) < 4.78 is 0. The number of benzene rings is 1. The van der Waals surface area contributed by atoms with Gasteiger partial charge in [0.05, 0.1) is 23.1 Å². The summed E-state index contributed by atoms with van der Waals surface area (Å²) in [6, 6.07) is 9.08. The maximum atomic E-state index is 12.3. The van der Waals surface area contributed by atoms with E-state index in [1.165, 1.54) is 11.0 Å². The Kier molecular flexibility index (Phi) is 7.50. The van der Waals surface area contributed by atoms with Crippen molar-refractivity contribution in [2.75, 3.05) is 13.1 Å². The summed E-state index contributed by atoms with van der Waals surface area (Å²) in [7, 11) is 0. The first kappa shape index (κ1) is 19.5. The van der Waals surface area contributed by atoms with E-state index in [0.29, 0.717) is 28.7 Å². The van der Waals surface area contributed by atoms with Gasteiger partial charge in [0.1, 0.15) is 0 Å². The van der Waals surface area contributed by atoms with E-state index in [4.69, 9.17) is 23.2 Å². The van der Waals surface area contributed by atoms with E-state index in [2.05, 4.69) is 5.32 Å². The largest absolute Gasteiger partial charge is 0.350 e. The van der Waals surface area contributed by atoms with Crippen LogP contribution in [0.3, 0.4) is 0 Å². The molecular formula is C18H18Cl2N2O2S. The third-order valence-corrected chi connectivity index (χ3v) is 5.16. The van der Waals surface area contributed by atoms with E-state index in [1.54, 1.807) is 35.6 Å². The van der Waals surface area contributed by atoms with Crippen LogP contribution in [0, 0.1) is 0 Å². The van der Waals surface area contributed by atoms with Crippen LogP contribution in [0.1, 0.15) is 17.4 Å². The quantitative estimate of drug-likeness (QED) is 0.711. The van der Waals surface area contributed by atoms with Crippen molar-refractivity contribution in [1.82, 2.24) is 10.2 Å². The van der Waals surface area contributed by atoms with Crippen molar-refractivity contribution in [3.63, 3.8) is 0 Å². The van der Waals surface area contributed by atoms with Gasteiger partial charge in [0.25, 0.3) is 0 Å². The number of hydrogen-bond acceptors (Lipinski definition) is 3. The third kappa shape index (κ3) is 5.88. The predicted molar refractivity (Wildman–Crippen MR) is 104 cm³/mol. The fourth-order valence-electron chi connectivity index (χ4n) is 2.09. The second-order valence-corrected chi connectivity index (χ2v) is 7.00. The first-order valence-corrected chi connectivity index (χ1v) is 9.35.